The van der Waals surface area contributed by atoms with Crippen molar-refractivity contribution in [2.75, 3.05) is 131 Å². The molecule has 0 bridgehead atoms. The maximum atomic E-state index is 6.04. The lowest BCUT2D eigenvalue weighted by Gasteiger charge is -2.35. The normalized spacial score (nSPS) is 16.6. The zero-order valence-corrected chi connectivity index (χ0v) is 43.5. The predicted molar refractivity (Wildman–Crippen MR) is 265 cm³/mol. The Hall–Kier alpha value is -0.280. The van der Waals surface area contributed by atoms with Crippen molar-refractivity contribution in [3.05, 3.63) is 0 Å². The molecule has 1 saturated heterocycles. The Labute approximate surface area is 373 Å². The van der Waals surface area contributed by atoms with Crippen LogP contribution in [0.2, 0.25) is 0 Å². The fourth-order valence-corrected chi connectivity index (χ4v) is 7.16. The summed E-state index contributed by atoms with van der Waals surface area (Å²) < 4.78 is 6.04. The van der Waals surface area contributed by atoms with E-state index in [1.165, 1.54) is 156 Å². The first-order valence-electron chi connectivity index (χ1n) is 25.8. The van der Waals surface area contributed by atoms with Crippen LogP contribution in [0.4, 0.5) is 0 Å². The zero-order valence-electron chi connectivity index (χ0n) is 43.5. The minimum atomic E-state index is 0.781. The lowest BCUT2D eigenvalue weighted by Crippen LogP contribution is -2.47. The summed E-state index contributed by atoms with van der Waals surface area (Å²) in [6, 6.07) is 0. The van der Waals surface area contributed by atoms with Crippen LogP contribution in [0.5, 0.6) is 0 Å². The van der Waals surface area contributed by atoms with Gasteiger partial charge in [-0.2, -0.15) is 0 Å². The van der Waals surface area contributed by atoms with Crippen LogP contribution in [0, 0.1) is 47.3 Å². The van der Waals surface area contributed by atoms with Crippen molar-refractivity contribution in [2.45, 2.75) is 162 Å². The molecule has 0 aromatic heterocycles. The summed E-state index contributed by atoms with van der Waals surface area (Å²) in [7, 11) is 0. The zero-order chi connectivity index (χ0) is 44.6. The average Bonchev–Trinajstić information content (AvgIpc) is 3.14. The fraction of sp³-hybridized carbons (Fsp3) is 1.00. The van der Waals surface area contributed by atoms with Crippen LogP contribution >= 0.6 is 0 Å². The van der Waals surface area contributed by atoms with Gasteiger partial charge in [0.05, 0.1) is 13.2 Å². The van der Waals surface area contributed by atoms with Crippen LogP contribution in [0.25, 0.3) is 0 Å². The standard InChI is InChI=1S/C28H60N4.C24H52N2O/c1-25(2)9-13-29-17-19-30(14-10-26(3)4)21-23-32(16-12-28(7)8)24-22-31(20-18-29)15-11-27(5)6;1-21(2)9-13-25(14-10-22(3)4)17-19-27-20-18-26(15-11-23(5)6)16-12-24(7)8/h25-28H,9-24H2,1-8H3;21-24H,9-20H2,1-8H3. The van der Waals surface area contributed by atoms with Gasteiger partial charge in [-0.1, -0.05) is 111 Å². The van der Waals surface area contributed by atoms with Crippen molar-refractivity contribution in [3.8, 4) is 0 Å². The fourth-order valence-electron chi connectivity index (χ4n) is 7.16. The van der Waals surface area contributed by atoms with Crippen molar-refractivity contribution in [3.63, 3.8) is 0 Å². The topological polar surface area (TPSA) is 28.7 Å². The highest BCUT2D eigenvalue weighted by Crippen LogP contribution is 2.12. The minimum absolute atomic E-state index is 0.781. The predicted octanol–water partition coefficient (Wildman–Crippen LogP) is 11.2. The number of ether oxygens (including phenoxy) is 1. The summed E-state index contributed by atoms with van der Waals surface area (Å²) in [5.74, 6) is 6.29. The molecule has 0 saturated carbocycles. The molecule has 0 aromatic carbocycles. The van der Waals surface area contributed by atoms with Gasteiger partial charge < -0.3 is 34.1 Å². The Morgan fingerprint density at radius 2 is 0.475 bits per heavy atom. The second-order valence-corrected chi connectivity index (χ2v) is 22.1. The van der Waals surface area contributed by atoms with Crippen molar-refractivity contribution in [1.29, 1.82) is 0 Å². The first-order valence-corrected chi connectivity index (χ1v) is 25.8. The summed E-state index contributed by atoms with van der Waals surface area (Å²) >= 11 is 0. The molecule has 0 unspecified atom stereocenters. The molecule has 1 aliphatic rings. The van der Waals surface area contributed by atoms with Crippen molar-refractivity contribution < 1.29 is 4.74 Å². The second-order valence-electron chi connectivity index (χ2n) is 22.1. The molecular weight excluding hydrogens is 725 g/mol. The van der Waals surface area contributed by atoms with Gasteiger partial charge in [0, 0.05) is 65.4 Å². The lowest BCUT2D eigenvalue weighted by atomic mass is 10.1. The third-order valence-electron chi connectivity index (χ3n) is 12.2. The van der Waals surface area contributed by atoms with Gasteiger partial charge in [0.1, 0.15) is 0 Å². The van der Waals surface area contributed by atoms with Crippen LogP contribution in [0.15, 0.2) is 0 Å². The second kappa shape index (κ2) is 37.1. The van der Waals surface area contributed by atoms with Crippen molar-refractivity contribution in [1.82, 2.24) is 29.4 Å². The van der Waals surface area contributed by atoms with E-state index in [0.717, 1.165) is 73.6 Å². The molecule has 0 N–H and O–H groups in total. The maximum absolute atomic E-state index is 6.04. The Morgan fingerprint density at radius 3 is 0.644 bits per heavy atom. The molecule has 0 spiro atoms. The van der Waals surface area contributed by atoms with E-state index in [4.69, 9.17) is 4.74 Å². The van der Waals surface area contributed by atoms with E-state index in [-0.39, 0.29) is 0 Å². The van der Waals surface area contributed by atoms with Gasteiger partial charge in [-0.05, 0) is 151 Å². The van der Waals surface area contributed by atoms with Gasteiger partial charge in [0.2, 0.25) is 0 Å². The molecule has 0 aromatic rings. The van der Waals surface area contributed by atoms with Gasteiger partial charge >= 0.3 is 0 Å². The largest absolute Gasteiger partial charge is 0.379 e. The van der Waals surface area contributed by atoms with Crippen LogP contribution in [-0.4, -0.2) is 160 Å². The van der Waals surface area contributed by atoms with Gasteiger partial charge in [0.25, 0.3) is 0 Å². The Bertz CT molecular complexity index is 742. The minimum Gasteiger partial charge on any atom is -0.379 e. The van der Waals surface area contributed by atoms with Crippen molar-refractivity contribution >= 4 is 0 Å². The molecule has 356 valence electrons. The number of hydrogen-bond acceptors (Lipinski definition) is 7. The van der Waals surface area contributed by atoms with Crippen LogP contribution in [0.1, 0.15) is 162 Å². The van der Waals surface area contributed by atoms with Gasteiger partial charge in [-0.25, -0.2) is 0 Å². The maximum Gasteiger partial charge on any atom is 0.0594 e. The third-order valence-corrected chi connectivity index (χ3v) is 12.2. The third kappa shape index (κ3) is 39.1. The Balaban J connectivity index is 0.00000116. The van der Waals surface area contributed by atoms with E-state index in [2.05, 4.69) is 140 Å². The van der Waals surface area contributed by atoms with E-state index in [0.29, 0.717) is 0 Å². The van der Waals surface area contributed by atoms with Crippen LogP contribution in [-0.2, 0) is 4.74 Å². The monoisotopic (exact) mass is 837 g/mol. The average molecular weight is 838 g/mol. The van der Waals surface area contributed by atoms with Gasteiger partial charge in [-0.3, -0.25) is 0 Å². The summed E-state index contributed by atoms with van der Waals surface area (Å²) in [5, 5.41) is 0. The molecule has 7 nitrogen and oxygen atoms in total. The van der Waals surface area contributed by atoms with Crippen LogP contribution < -0.4 is 0 Å². The number of nitrogens with zero attached hydrogens (tertiary/aromatic N) is 6. The SMILES string of the molecule is CC(C)CCN(CCOCCN(CCC(C)C)CCC(C)C)CCC(C)C.CC(C)CCN1CCN(CCC(C)C)CCN(CCC(C)C)CCN(CCC(C)C)CC1. The van der Waals surface area contributed by atoms with E-state index in [1.807, 2.05) is 0 Å². The molecule has 1 aliphatic heterocycles. The summed E-state index contributed by atoms with van der Waals surface area (Å²) in [5.41, 5.74) is 0. The summed E-state index contributed by atoms with van der Waals surface area (Å²) in [6.45, 7) is 61.1. The quantitative estimate of drug-likeness (QED) is 0.0666. The first kappa shape index (κ1) is 58.7. The molecular formula is C52H112N6O. The Kier molecular flexibility index (Phi) is 37.0. The smallest absolute Gasteiger partial charge is 0.0594 e. The molecule has 1 heterocycles. The number of hydrogen-bond donors (Lipinski definition) is 0. The summed E-state index contributed by atoms with van der Waals surface area (Å²) in [4.78, 5) is 16.3. The number of rotatable bonds is 30. The lowest BCUT2D eigenvalue weighted by molar-refractivity contribution is 0.0782. The molecule has 1 fully saturated rings. The first-order chi connectivity index (χ1) is 27.9. The highest BCUT2D eigenvalue weighted by atomic mass is 16.5. The molecule has 7 heteroatoms. The van der Waals surface area contributed by atoms with Crippen LogP contribution in [0.3, 0.4) is 0 Å². The highest BCUT2D eigenvalue weighted by molar-refractivity contribution is 4.74. The molecule has 0 amide bonds. The van der Waals surface area contributed by atoms with E-state index in [9.17, 15) is 0 Å². The Morgan fingerprint density at radius 1 is 0.288 bits per heavy atom. The molecule has 1 rings (SSSR count). The molecule has 0 radical (unpaired) electrons. The summed E-state index contributed by atoms with van der Waals surface area (Å²) in [6.07, 6.45) is 10.4. The van der Waals surface area contributed by atoms with E-state index >= 15 is 0 Å². The van der Waals surface area contributed by atoms with Gasteiger partial charge in [-0.15, -0.1) is 0 Å². The van der Waals surface area contributed by atoms with E-state index in [1.54, 1.807) is 0 Å². The van der Waals surface area contributed by atoms with E-state index < -0.39 is 0 Å². The molecule has 0 atom stereocenters. The van der Waals surface area contributed by atoms with Gasteiger partial charge in [0.15, 0.2) is 0 Å². The molecule has 0 aliphatic carbocycles. The molecule has 59 heavy (non-hydrogen) atoms. The van der Waals surface area contributed by atoms with Crippen molar-refractivity contribution in [2.24, 2.45) is 47.3 Å². The highest BCUT2D eigenvalue weighted by Gasteiger charge is 2.18.